The third-order valence-corrected chi connectivity index (χ3v) is 5.13. The number of anilines is 1. The Kier molecular flexibility index (Phi) is 6.74. The SMILES string of the molecule is C=CCc1cc(/C=C2\C(=O)NC(=O)N(c3ccc(Cl)cc3)C2=O)cc(Br)c1OCC. The fraction of sp³-hybridized carbons (Fsp3) is 0.136. The highest BCUT2D eigenvalue weighted by Crippen LogP contribution is 2.33. The number of barbiturate groups is 1. The molecule has 0 atom stereocenters. The van der Waals surface area contributed by atoms with E-state index in [2.05, 4.69) is 27.8 Å². The average Bonchev–Trinajstić information content (AvgIpc) is 2.69. The molecule has 0 aromatic heterocycles. The zero-order chi connectivity index (χ0) is 21.8. The molecule has 30 heavy (non-hydrogen) atoms. The largest absolute Gasteiger partial charge is 0.492 e. The summed E-state index contributed by atoms with van der Waals surface area (Å²) in [6.07, 6.45) is 3.72. The fourth-order valence-corrected chi connectivity index (χ4v) is 3.78. The number of carbonyl (C=O) groups is 3. The summed E-state index contributed by atoms with van der Waals surface area (Å²) in [5.74, 6) is -0.802. The van der Waals surface area contributed by atoms with Crippen LogP contribution in [0.15, 0.2) is 59.1 Å². The van der Waals surface area contributed by atoms with Gasteiger partial charge in [0.25, 0.3) is 11.8 Å². The molecule has 3 rings (SSSR count). The van der Waals surface area contributed by atoms with Crippen molar-refractivity contribution in [3.63, 3.8) is 0 Å². The van der Waals surface area contributed by atoms with E-state index in [4.69, 9.17) is 16.3 Å². The predicted molar refractivity (Wildman–Crippen MR) is 120 cm³/mol. The number of halogens is 2. The van der Waals surface area contributed by atoms with E-state index in [0.29, 0.717) is 39.5 Å². The van der Waals surface area contributed by atoms with Crippen LogP contribution in [0.3, 0.4) is 0 Å². The van der Waals surface area contributed by atoms with Gasteiger partial charge >= 0.3 is 6.03 Å². The maximum atomic E-state index is 13.0. The highest BCUT2D eigenvalue weighted by molar-refractivity contribution is 9.10. The molecule has 1 N–H and O–H groups in total. The number of nitrogens with zero attached hydrogens (tertiary/aromatic N) is 1. The lowest BCUT2D eigenvalue weighted by atomic mass is 10.0. The number of benzene rings is 2. The molecule has 1 fully saturated rings. The number of imide groups is 2. The van der Waals surface area contributed by atoms with Crippen molar-refractivity contribution in [1.29, 1.82) is 0 Å². The van der Waals surface area contributed by atoms with Crippen molar-refractivity contribution in [2.75, 3.05) is 11.5 Å². The van der Waals surface area contributed by atoms with Crippen molar-refractivity contribution in [3.8, 4) is 5.75 Å². The molecule has 0 spiro atoms. The molecule has 0 aliphatic carbocycles. The molecule has 8 heteroatoms. The molecule has 6 nitrogen and oxygen atoms in total. The number of nitrogens with one attached hydrogen (secondary N) is 1. The van der Waals surface area contributed by atoms with Crippen molar-refractivity contribution >= 4 is 57.1 Å². The molecular weight excluding hydrogens is 472 g/mol. The minimum Gasteiger partial charge on any atom is -0.492 e. The first-order valence-corrected chi connectivity index (χ1v) is 10.3. The van der Waals surface area contributed by atoms with Gasteiger partial charge in [-0.25, -0.2) is 9.69 Å². The standard InChI is InChI=1S/C22H18BrClN2O4/c1-3-5-14-10-13(12-18(23)19(14)30-4-2)11-17-20(27)25-22(29)26(21(17)28)16-8-6-15(24)7-9-16/h3,6-12H,1,4-5H2,2H3,(H,25,27,29)/b17-11+. The lowest BCUT2D eigenvalue weighted by Crippen LogP contribution is -2.54. The number of allylic oxidation sites excluding steroid dienone is 1. The molecule has 0 bridgehead atoms. The van der Waals surface area contributed by atoms with Gasteiger partial charge in [-0.05, 0) is 82.9 Å². The van der Waals surface area contributed by atoms with Gasteiger partial charge < -0.3 is 4.74 Å². The van der Waals surface area contributed by atoms with E-state index < -0.39 is 17.8 Å². The maximum Gasteiger partial charge on any atom is 0.335 e. The Labute approximate surface area is 187 Å². The summed E-state index contributed by atoms with van der Waals surface area (Å²) in [4.78, 5) is 38.6. The average molecular weight is 490 g/mol. The molecule has 1 saturated heterocycles. The molecule has 2 aromatic carbocycles. The molecule has 0 radical (unpaired) electrons. The number of urea groups is 1. The molecule has 1 aliphatic heterocycles. The molecule has 1 aliphatic rings. The van der Waals surface area contributed by atoms with Gasteiger partial charge in [0.15, 0.2) is 0 Å². The summed E-state index contributed by atoms with van der Waals surface area (Å²) in [7, 11) is 0. The third kappa shape index (κ3) is 4.47. The normalized spacial score (nSPS) is 15.4. The molecule has 0 unspecified atom stereocenters. The van der Waals surface area contributed by atoms with Crippen LogP contribution in [0.1, 0.15) is 18.1 Å². The first kappa shape index (κ1) is 21.8. The Bertz CT molecular complexity index is 1060. The van der Waals surface area contributed by atoms with E-state index >= 15 is 0 Å². The lowest BCUT2D eigenvalue weighted by Gasteiger charge is -2.26. The van der Waals surface area contributed by atoms with Crippen LogP contribution in [-0.4, -0.2) is 24.5 Å². The monoisotopic (exact) mass is 488 g/mol. The van der Waals surface area contributed by atoms with Gasteiger partial charge in [0, 0.05) is 5.02 Å². The Hall–Kier alpha value is -2.90. The van der Waals surface area contributed by atoms with Gasteiger partial charge in [0.2, 0.25) is 0 Å². The van der Waals surface area contributed by atoms with Gasteiger partial charge in [-0.3, -0.25) is 14.9 Å². The fourth-order valence-electron chi connectivity index (χ4n) is 3.02. The highest BCUT2D eigenvalue weighted by atomic mass is 79.9. The smallest absolute Gasteiger partial charge is 0.335 e. The van der Waals surface area contributed by atoms with E-state index in [0.717, 1.165) is 10.5 Å². The molecule has 4 amide bonds. The van der Waals surface area contributed by atoms with E-state index in [1.54, 1.807) is 24.3 Å². The highest BCUT2D eigenvalue weighted by Gasteiger charge is 2.36. The number of hydrogen-bond donors (Lipinski definition) is 1. The summed E-state index contributed by atoms with van der Waals surface area (Å²) in [5.41, 5.74) is 1.60. The summed E-state index contributed by atoms with van der Waals surface area (Å²) >= 11 is 9.36. The van der Waals surface area contributed by atoms with Gasteiger partial charge in [-0.2, -0.15) is 0 Å². The van der Waals surface area contributed by atoms with E-state index in [9.17, 15) is 14.4 Å². The molecular formula is C22H18BrClN2O4. The second-order valence-corrected chi connectivity index (χ2v) is 7.64. The first-order chi connectivity index (χ1) is 14.3. The molecule has 1 heterocycles. The van der Waals surface area contributed by atoms with Crippen molar-refractivity contribution in [3.05, 3.63) is 75.2 Å². The zero-order valence-electron chi connectivity index (χ0n) is 16.1. The summed E-state index contributed by atoms with van der Waals surface area (Å²) in [6.45, 7) is 6.13. The van der Waals surface area contributed by atoms with Crippen molar-refractivity contribution in [2.45, 2.75) is 13.3 Å². The Balaban J connectivity index is 2.04. The van der Waals surface area contributed by atoms with Crippen LogP contribution < -0.4 is 15.0 Å². The van der Waals surface area contributed by atoms with Crippen LogP contribution in [0.2, 0.25) is 5.02 Å². The quantitative estimate of drug-likeness (QED) is 0.356. The van der Waals surface area contributed by atoms with Crippen LogP contribution >= 0.6 is 27.5 Å². The Morgan fingerprint density at radius 3 is 2.53 bits per heavy atom. The predicted octanol–water partition coefficient (Wildman–Crippen LogP) is 4.90. The summed E-state index contributed by atoms with van der Waals surface area (Å²) in [5, 5.41) is 2.67. The number of hydrogen-bond acceptors (Lipinski definition) is 4. The summed E-state index contributed by atoms with van der Waals surface area (Å²) in [6, 6.07) is 8.92. The van der Waals surface area contributed by atoms with Crippen LogP contribution in [0, 0.1) is 0 Å². The Morgan fingerprint density at radius 2 is 1.90 bits per heavy atom. The van der Waals surface area contributed by atoms with Gasteiger partial charge in [-0.1, -0.05) is 17.7 Å². The van der Waals surface area contributed by atoms with Gasteiger partial charge in [-0.15, -0.1) is 6.58 Å². The van der Waals surface area contributed by atoms with Crippen LogP contribution in [0.5, 0.6) is 5.75 Å². The van der Waals surface area contributed by atoms with E-state index in [-0.39, 0.29) is 5.57 Å². The van der Waals surface area contributed by atoms with Crippen LogP contribution in [-0.2, 0) is 16.0 Å². The summed E-state index contributed by atoms with van der Waals surface area (Å²) < 4.78 is 6.37. The molecule has 154 valence electrons. The van der Waals surface area contributed by atoms with E-state index in [1.165, 1.54) is 18.2 Å². The maximum absolute atomic E-state index is 13.0. The molecule has 0 saturated carbocycles. The number of carbonyl (C=O) groups excluding carboxylic acids is 3. The Morgan fingerprint density at radius 1 is 1.20 bits per heavy atom. The first-order valence-electron chi connectivity index (χ1n) is 9.08. The second-order valence-electron chi connectivity index (χ2n) is 6.35. The van der Waals surface area contributed by atoms with Gasteiger partial charge in [0.1, 0.15) is 11.3 Å². The van der Waals surface area contributed by atoms with E-state index in [1.807, 2.05) is 13.0 Å². The molecule has 2 aromatic rings. The van der Waals surface area contributed by atoms with Gasteiger partial charge in [0.05, 0.1) is 16.8 Å². The van der Waals surface area contributed by atoms with Crippen LogP contribution in [0.4, 0.5) is 10.5 Å². The lowest BCUT2D eigenvalue weighted by molar-refractivity contribution is -0.122. The number of rotatable bonds is 6. The minimum absolute atomic E-state index is 0.162. The topological polar surface area (TPSA) is 75.7 Å². The van der Waals surface area contributed by atoms with Crippen LogP contribution in [0.25, 0.3) is 6.08 Å². The second kappa shape index (κ2) is 9.28. The third-order valence-electron chi connectivity index (χ3n) is 4.29. The van der Waals surface area contributed by atoms with Crippen molar-refractivity contribution in [2.24, 2.45) is 0 Å². The van der Waals surface area contributed by atoms with Crippen molar-refractivity contribution in [1.82, 2.24) is 5.32 Å². The van der Waals surface area contributed by atoms with Crippen molar-refractivity contribution < 1.29 is 19.1 Å². The number of amides is 4. The number of ether oxygens (including phenoxy) is 1. The zero-order valence-corrected chi connectivity index (χ0v) is 18.4. The minimum atomic E-state index is -0.815.